The zero-order valence-corrected chi connectivity index (χ0v) is 18.0. The third-order valence-corrected chi connectivity index (χ3v) is 4.97. The summed E-state index contributed by atoms with van der Waals surface area (Å²) in [6.45, 7) is 2.03. The molecule has 0 aliphatic carbocycles. The summed E-state index contributed by atoms with van der Waals surface area (Å²) in [7, 11) is 2.70. The molecule has 0 radical (unpaired) electrons. The van der Waals surface area contributed by atoms with E-state index in [1.807, 2.05) is 0 Å². The van der Waals surface area contributed by atoms with Gasteiger partial charge in [0.2, 0.25) is 11.8 Å². The van der Waals surface area contributed by atoms with Crippen LogP contribution < -0.4 is 10.1 Å². The second-order valence-electron chi connectivity index (χ2n) is 7.34. The van der Waals surface area contributed by atoms with E-state index in [0.717, 1.165) is 0 Å². The predicted octanol–water partition coefficient (Wildman–Crippen LogP) is -0.0105. The standard InChI is InChI=1S/C21H30N2O8/c1-13(22-19(26)9-14-7-15(25)10-16(8-14)29-2)20(27)23-12-17(31-6-4-5-24)11-18(23)21(28)30-3/h7-8,10,13,17-18,24-25H,4-6,9,11-12H2,1-3H3,(H,22,26)/t13-,17+,18-/m0/s1. The van der Waals surface area contributed by atoms with Gasteiger partial charge in [0.1, 0.15) is 23.6 Å². The van der Waals surface area contributed by atoms with Gasteiger partial charge in [0.15, 0.2) is 0 Å². The van der Waals surface area contributed by atoms with Gasteiger partial charge in [-0.15, -0.1) is 0 Å². The summed E-state index contributed by atoms with van der Waals surface area (Å²) in [5, 5.41) is 21.2. The second-order valence-corrected chi connectivity index (χ2v) is 7.34. The van der Waals surface area contributed by atoms with Gasteiger partial charge >= 0.3 is 5.97 Å². The molecule has 31 heavy (non-hydrogen) atoms. The van der Waals surface area contributed by atoms with Gasteiger partial charge in [-0.25, -0.2) is 4.79 Å². The number of rotatable bonds is 10. The Balaban J connectivity index is 2.00. The Morgan fingerprint density at radius 1 is 1.26 bits per heavy atom. The molecule has 0 saturated carbocycles. The first-order valence-corrected chi connectivity index (χ1v) is 10.1. The molecule has 10 heteroatoms. The van der Waals surface area contributed by atoms with Crippen LogP contribution in [0.1, 0.15) is 25.3 Å². The number of ether oxygens (including phenoxy) is 3. The summed E-state index contributed by atoms with van der Waals surface area (Å²) in [5.41, 5.74) is 0.528. The summed E-state index contributed by atoms with van der Waals surface area (Å²) in [6.07, 6.45) is 0.324. The number of carbonyl (C=O) groups is 3. The monoisotopic (exact) mass is 438 g/mol. The number of carbonyl (C=O) groups excluding carboxylic acids is 3. The highest BCUT2D eigenvalue weighted by molar-refractivity contribution is 5.91. The normalized spacial score (nSPS) is 19.0. The average Bonchev–Trinajstić information content (AvgIpc) is 3.16. The van der Waals surface area contributed by atoms with E-state index in [1.165, 1.54) is 38.2 Å². The topological polar surface area (TPSA) is 135 Å². The van der Waals surface area contributed by atoms with Gasteiger partial charge in [0, 0.05) is 32.2 Å². The molecule has 1 aromatic carbocycles. The maximum atomic E-state index is 12.9. The lowest BCUT2D eigenvalue weighted by atomic mass is 10.1. The quantitative estimate of drug-likeness (QED) is 0.343. The molecule has 2 rings (SSSR count). The summed E-state index contributed by atoms with van der Waals surface area (Å²) in [5.74, 6) is -1.01. The number of aliphatic hydroxyl groups is 1. The van der Waals surface area contributed by atoms with Crippen LogP contribution in [0.4, 0.5) is 0 Å². The number of hydrogen-bond donors (Lipinski definition) is 3. The molecule has 0 unspecified atom stereocenters. The number of aliphatic hydroxyl groups excluding tert-OH is 1. The number of methoxy groups -OCH3 is 2. The third-order valence-electron chi connectivity index (χ3n) is 4.97. The molecule has 3 N–H and O–H groups in total. The molecule has 3 atom stereocenters. The van der Waals surface area contributed by atoms with Crippen molar-refractivity contribution in [2.24, 2.45) is 0 Å². The smallest absolute Gasteiger partial charge is 0.328 e. The fourth-order valence-corrected chi connectivity index (χ4v) is 3.49. The number of benzene rings is 1. The van der Waals surface area contributed by atoms with Gasteiger partial charge in [-0.05, 0) is 31.0 Å². The third kappa shape index (κ3) is 6.83. The first-order chi connectivity index (χ1) is 14.8. The van der Waals surface area contributed by atoms with Crippen molar-refractivity contribution < 1.29 is 38.8 Å². The maximum absolute atomic E-state index is 12.9. The predicted molar refractivity (Wildman–Crippen MR) is 110 cm³/mol. The number of nitrogens with zero attached hydrogens (tertiary/aromatic N) is 1. The molecule has 10 nitrogen and oxygen atoms in total. The molecule has 172 valence electrons. The zero-order chi connectivity index (χ0) is 23.0. The summed E-state index contributed by atoms with van der Waals surface area (Å²) in [4.78, 5) is 38.9. The van der Waals surface area contributed by atoms with Crippen molar-refractivity contribution in [2.75, 3.05) is 34.0 Å². The highest BCUT2D eigenvalue weighted by Crippen LogP contribution is 2.23. The van der Waals surface area contributed by atoms with Crippen molar-refractivity contribution in [3.8, 4) is 11.5 Å². The summed E-state index contributed by atoms with van der Waals surface area (Å²) < 4.78 is 15.5. The fraction of sp³-hybridized carbons (Fsp3) is 0.571. The van der Waals surface area contributed by atoms with Crippen molar-refractivity contribution in [1.82, 2.24) is 10.2 Å². The van der Waals surface area contributed by atoms with Crippen LogP contribution in [0.2, 0.25) is 0 Å². The van der Waals surface area contributed by atoms with Crippen LogP contribution in [0.25, 0.3) is 0 Å². The minimum atomic E-state index is -0.880. The Hall–Kier alpha value is -2.85. The molecule has 2 amide bonds. The Morgan fingerprint density at radius 2 is 2.00 bits per heavy atom. The van der Waals surface area contributed by atoms with Gasteiger partial charge in [-0.1, -0.05) is 0 Å². The number of likely N-dealkylation sites (tertiary alicyclic amines) is 1. The minimum Gasteiger partial charge on any atom is -0.508 e. The molecule has 1 aromatic rings. The highest BCUT2D eigenvalue weighted by Gasteiger charge is 2.42. The van der Waals surface area contributed by atoms with E-state index in [2.05, 4.69) is 5.32 Å². The molecule has 1 aliphatic heterocycles. The average molecular weight is 438 g/mol. The molecule has 1 heterocycles. The van der Waals surface area contributed by atoms with Gasteiger partial charge in [0.05, 0.1) is 26.7 Å². The number of hydrogen-bond acceptors (Lipinski definition) is 8. The first kappa shape index (κ1) is 24.4. The van der Waals surface area contributed by atoms with Crippen molar-refractivity contribution in [2.45, 2.75) is 44.4 Å². The summed E-state index contributed by atoms with van der Waals surface area (Å²) >= 11 is 0. The second kappa shape index (κ2) is 11.5. The van der Waals surface area contributed by atoms with Crippen molar-refractivity contribution in [3.63, 3.8) is 0 Å². The number of nitrogens with one attached hydrogen (secondary N) is 1. The van der Waals surface area contributed by atoms with Crippen LogP contribution in [0.5, 0.6) is 11.5 Å². The molecular formula is C21H30N2O8. The molecule has 1 fully saturated rings. The fourth-order valence-electron chi connectivity index (χ4n) is 3.49. The largest absolute Gasteiger partial charge is 0.508 e. The molecule has 1 saturated heterocycles. The highest BCUT2D eigenvalue weighted by atomic mass is 16.5. The number of phenolic OH excluding ortho intramolecular Hbond substituents is 1. The van der Waals surface area contributed by atoms with Gasteiger partial charge in [0.25, 0.3) is 0 Å². The molecule has 0 aromatic heterocycles. The van der Waals surface area contributed by atoms with E-state index in [9.17, 15) is 19.5 Å². The summed E-state index contributed by atoms with van der Waals surface area (Å²) in [6, 6.07) is 2.80. The van der Waals surface area contributed by atoms with Crippen LogP contribution in [-0.2, 0) is 30.3 Å². The van der Waals surface area contributed by atoms with Crippen molar-refractivity contribution in [1.29, 1.82) is 0 Å². The Labute approximate surface area is 181 Å². The molecule has 0 spiro atoms. The Morgan fingerprint density at radius 3 is 2.65 bits per heavy atom. The van der Waals surface area contributed by atoms with E-state index in [4.69, 9.17) is 19.3 Å². The number of aromatic hydroxyl groups is 1. The first-order valence-electron chi connectivity index (χ1n) is 10.1. The molecular weight excluding hydrogens is 408 g/mol. The van der Waals surface area contributed by atoms with Gasteiger partial charge < -0.3 is 34.6 Å². The lowest BCUT2D eigenvalue weighted by Gasteiger charge is -2.26. The number of phenols is 1. The SMILES string of the molecule is COC(=O)[C@@H]1C[C@@H](OCCCO)CN1C(=O)[C@H](C)NC(=O)Cc1cc(O)cc(OC)c1. The van der Waals surface area contributed by atoms with Gasteiger partial charge in [-0.3, -0.25) is 9.59 Å². The maximum Gasteiger partial charge on any atom is 0.328 e. The Bertz CT molecular complexity index is 785. The zero-order valence-electron chi connectivity index (χ0n) is 18.0. The molecule has 0 bridgehead atoms. The van der Waals surface area contributed by atoms with E-state index < -0.39 is 29.9 Å². The molecule has 1 aliphatic rings. The lowest BCUT2D eigenvalue weighted by molar-refractivity contribution is -0.151. The van der Waals surface area contributed by atoms with Crippen molar-refractivity contribution >= 4 is 17.8 Å². The number of esters is 1. The van der Waals surface area contributed by atoms with Crippen LogP contribution in [-0.4, -0.2) is 85.1 Å². The van der Waals surface area contributed by atoms with Crippen LogP contribution in [0.15, 0.2) is 18.2 Å². The van der Waals surface area contributed by atoms with E-state index in [-0.39, 0.29) is 37.8 Å². The van der Waals surface area contributed by atoms with Crippen LogP contribution >= 0.6 is 0 Å². The van der Waals surface area contributed by atoms with E-state index >= 15 is 0 Å². The number of amides is 2. The van der Waals surface area contributed by atoms with Crippen LogP contribution in [0, 0.1) is 0 Å². The van der Waals surface area contributed by atoms with Crippen LogP contribution in [0.3, 0.4) is 0 Å². The Kier molecular flexibility index (Phi) is 9.07. The minimum absolute atomic E-state index is 0.01000. The van der Waals surface area contributed by atoms with E-state index in [0.29, 0.717) is 24.3 Å². The lowest BCUT2D eigenvalue weighted by Crippen LogP contribution is -2.51. The van der Waals surface area contributed by atoms with E-state index in [1.54, 1.807) is 6.07 Å². The van der Waals surface area contributed by atoms with Gasteiger partial charge in [-0.2, -0.15) is 0 Å². The van der Waals surface area contributed by atoms with Crippen molar-refractivity contribution in [3.05, 3.63) is 23.8 Å².